The second-order valence-corrected chi connectivity index (χ2v) is 6.73. The molecule has 0 spiro atoms. The highest BCUT2D eigenvalue weighted by atomic mass is 16.4. The molecule has 23 heavy (non-hydrogen) atoms. The molecule has 4 nitrogen and oxygen atoms in total. The Bertz CT molecular complexity index is 311. The van der Waals surface area contributed by atoms with Crippen molar-refractivity contribution in [1.29, 1.82) is 0 Å². The molecular formula is C19H36O4. The predicted octanol–water partition coefficient (Wildman–Crippen LogP) is 5.64. The van der Waals surface area contributed by atoms with Crippen LogP contribution in [0.25, 0.3) is 0 Å². The second kappa shape index (κ2) is 13.4. The number of aliphatic carboxylic acids is 2. The molecule has 0 aliphatic rings. The molecule has 0 aromatic heterocycles. The molecule has 0 atom stereocenters. The number of unbranched alkanes of at least 4 members (excludes halogenated alkanes) is 10. The standard InChI is InChI=1S/C19H36O4/c1-3-5-7-8-9-10-11-12-13-14-16-19(17(20)21,18(22)23)15-6-4-2/h3-16H2,1-2H3,(H,20,21)(H,22,23). The lowest BCUT2D eigenvalue weighted by atomic mass is 9.78. The monoisotopic (exact) mass is 328 g/mol. The SMILES string of the molecule is CCCCCCCCCCCCC(CCCC)(C(=O)O)C(=O)O. The van der Waals surface area contributed by atoms with E-state index < -0.39 is 17.4 Å². The fourth-order valence-electron chi connectivity index (χ4n) is 3.04. The summed E-state index contributed by atoms with van der Waals surface area (Å²) in [7, 11) is 0. The Kier molecular flexibility index (Phi) is 12.8. The number of hydrogen-bond acceptors (Lipinski definition) is 2. The first-order chi connectivity index (χ1) is 11.0. The molecule has 0 saturated carbocycles. The van der Waals surface area contributed by atoms with Crippen LogP contribution in [0, 0.1) is 5.41 Å². The number of carboxylic acids is 2. The van der Waals surface area contributed by atoms with Gasteiger partial charge >= 0.3 is 11.9 Å². The second-order valence-electron chi connectivity index (χ2n) is 6.73. The van der Waals surface area contributed by atoms with Crippen molar-refractivity contribution in [2.75, 3.05) is 0 Å². The Labute approximate surface area is 141 Å². The van der Waals surface area contributed by atoms with Gasteiger partial charge in [0.2, 0.25) is 0 Å². The number of carboxylic acid groups (broad SMARTS) is 2. The summed E-state index contributed by atoms with van der Waals surface area (Å²) in [5.41, 5.74) is -1.57. The molecule has 0 aliphatic heterocycles. The molecule has 0 bridgehead atoms. The molecule has 0 aromatic rings. The smallest absolute Gasteiger partial charge is 0.321 e. The third kappa shape index (κ3) is 8.97. The fraction of sp³-hybridized carbons (Fsp3) is 0.895. The van der Waals surface area contributed by atoms with Crippen molar-refractivity contribution < 1.29 is 19.8 Å². The van der Waals surface area contributed by atoms with Crippen molar-refractivity contribution in [3.8, 4) is 0 Å². The first kappa shape index (κ1) is 21.9. The Morgan fingerprint density at radius 3 is 1.35 bits per heavy atom. The average molecular weight is 328 g/mol. The van der Waals surface area contributed by atoms with Gasteiger partial charge in [0.1, 0.15) is 0 Å². The van der Waals surface area contributed by atoms with Gasteiger partial charge in [-0.25, -0.2) is 0 Å². The maximum Gasteiger partial charge on any atom is 0.321 e. The maximum atomic E-state index is 11.5. The highest BCUT2D eigenvalue weighted by Crippen LogP contribution is 2.32. The molecule has 4 heteroatoms. The van der Waals surface area contributed by atoms with Crippen molar-refractivity contribution in [2.45, 2.75) is 104 Å². The van der Waals surface area contributed by atoms with Crippen molar-refractivity contribution in [2.24, 2.45) is 5.41 Å². The highest BCUT2D eigenvalue weighted by Gasteiger charge is 2.45. The predicted molar refractivity (Wildman–Crippen MR) is 93.7 cm³/mol. The molecule has 2 N–H and O–H groups in total. The summed E-state index contributed by atoms with van der Waals surface area (Å²) in [5.74, 6) is -2.34. The molecule has 0 aliphatic carbocycles. The Morgan fingerprint density at radius 2 is 0.957 bits per heavy atom. The number of rotatable bonds is 16. The quantitative estimate of drug-likeness (QED) is 0.284. The summed E-state index contributed by atoms with van der Waals surface area (Å²) in [4.78, 5) is 23.0. The van der Waals surface area contributed by atoms with Crippen LogP contribution >= 0.6 is 0 Å². The average Bonchev–Trinajstić information content (AvgIpc) is 2.51. The van der Waals surface area contributed by atoms with E-state index >= 15 is 0 Å². The lowest BCUT2D eigenvalue weighted by Gasteiger charge is -2.24. The normalized spacial score (nSPS) is 11.6. The summed E-state index contributed by atoms with van der Waals surface area (Å²) in [6.45, 7) is 4.17. The number of hydrogen-bond donors (Lipinski definition) is 2. The van der Waals surface area contributed by atoms with Gasteiger partial charge < -0.3 is 10.2 Å². The van der Waals surface area contributed by atoms with Crippen LogP contribution in [-0.4, -0.2) is 22.2 Å². The minimum absolute atomic E-state index is 0.242. The van der Waals surface area contributed by atoms with Crippen LogP contribution in [0.4, 0.5) is 0 Å². The minimum Gasteiger partial charge on any atom is -0.480 e. The van der Waals surface area contributed by atoms with Gasteiger partial charge in [0, 0.05) is 0 Å². The number of carbonyl (C=O) groups is 2. The molecule has 0 rings (SSSR count). The lowest BCUT2D eigenvalue weighted by Crippen LogP contribution is -2.39. The van der Waals surface area contributed by atoms with Crippen LogP contribution < -0.4 is 0 Å². The van der Waals surface area contributed by atoms with Crippen LogP contribution in [0.3, 0.4) is 0 Å². The zero-order valence-corrected chi connectivity index (χ0v) is 15.1. The van der Waals surface area contributed by atoms with Gasteiger partial charge in [0.15, 0.2) is 5.41 Å². The van der Waals surface area contributed by atoms with Crippen molar-refractivity contribution in [1.82, 2.24) is 0 Å². The molecule has 0 saturated heterocycles. The molecule has 0 aromatic carbocycles. The third-order valence-electron chi connectivity index (χ3n) is 4.73. The molecule has 0 radical (unpaired) electrons. The topological polar surface area (TPSA) is 74.6 Å². The maximum absolute atomic E-state index is 11.5. The van der Waals surface area contributed by atoms with Gasteiger partial charge in [-0.15, -0.1) is 0 Å². The molecule has 136 valence electrons. The highest BCUT2D eigenvalue weighted by molar-refractivity contribution is 5.98. The van der Waals surface area contributed by atoms with E-state index in [-0.39, 0.29) is 12.8 Å². The largest absolute Gasteiger partial charge is 0.480 e. The fourth-order valence-corrected chi connectivity index (χ4v) is 3.04. The summed E-state index contributed by atoms with van der Waals surface area (Å²) >= 11 is 0. The van der Waals surface area contributed by atoms with Gasteiger partial charge in [0.25, 0.3) is 0 Å². The zero-order chi connectivity index (χ0) is 17.6. The van der Waals surface area contributed by atoms with Gasteiger partial charge in [-0.3, -0.25) is 9.59 Å². The first-order valence-electron chi connectivity index (χ1n) is 9.48. The van der Waals surface area contributed by atoms with E-state index in [1.807, 2.05) is 6.92 Å². The van der Waals surface area contributed by atoms with E-state index in [1.54, 1.807) is 0 Å². The van der Waals surface area contributed by atoms with Gasteiger partial charge in [-0.05, 0) is 12.8 Å². The summed E-state index contributed by atoms with van der Waals surface area (Å²) < 4.78 is 0. The van der Waals surface area contributed by atoms with Crippen LogP contribution in [0.15, 0.2) is 0 Å². The van der Waals surface area contributed by atoms with E-state index in [1.165, 1.54) is 44.9 Å². The van der Waals surface area contributed by atoms with Gasteiger partial charge in [0.05, 0.1) is 0 Å². The van der Waals surface area contributed by atoms with Gasteiger partial charge in [-0.2, -0.15) is 0 Å². The third-order valence-corrected chi connectivity index (χ3v) is 4.73. The molecular weight excluding hydrogens is 292 g/mol. The van der Waals surface area contributed by atoms with Gasteiger partial charge in [-0.1, -0.05) is 90.9 Å². The minimum atomic E-state index is -1.57. The van der Waals surface area contributed by atoms with Crippen molar-refractivity contribution in [3.05, 3.63) is 0 Å². The van der Waals surface area contributed by atoms with E-state index in [0.29, 0.717) is 12.8 Å². The van der Waals surface area contributed by atoms with E-state index in [4.69, 9.17) is 0 Å². The molecule has 0 unspecified atom stereocenters. The van der Waals surface area contributed by atoms with E-state index in [9.17, 15) is 19.8 Å². The summed E-state index contributed by atoms with van der Waals surface area (Å²) in [6.07, 6.45) is 13.6. The van der Waals surface area contributed by atoms with Crippen LogP contribution in [-0.2, 0) is 9.59 Å². The summed E-state index contributed by atoms with van der Waals surface area (Å²) in [6, 6.07) is 0. The van der Waals surface area contributed by atoms with Crippen LogP contribution in [0.2, 0.25) is 0 Å². The van der Waals surface area contributed by atoms with E-state index in [2.05, 4.69) is 6.92 Å². The first-order valence-corrected chi connectivity index (χ1v) is 9.48. The van der Waals surface area contributed by atoms with Crippen molar-refractivity contribution in [3.63, 3.8) is 0 Å². The Morgan fingerprint density at radius 1 is 0.609 bits per heavy atom. The molecule has 0 heterocycles. The Balaban J connectivity index is 3.95. The Hall–Kier alpha value is -1.06. The molecule has 0 amide bonds. The van der Waals surface area contributed by atoms with Crippen LogP contribution in [0.5, 0.6) is 0 Å². The van der Waals surface area contributed by atoms with Crippen LogP contribution in [0.1, 0.15) is 104 Å². The molecule has 0 fully saturated rings. The van der Waals surface area contributed by atoms with Crippen molar-refractivity contribution >= 4 is 11.9 Å². The summed E-state index contributed by atoms with van der Waals surface area (Å²) in [5, 5.41) is 18.8. The lowest BCUT2D eigenvalue weighted by molar-refractivity contribution is -0.166. The zero-order valence-electron chi connectivity index (χ0n) is 15.1. The van der Waals surface area contributed by atoms with E-state index in [0.717, 1.165) is 19.3 Å².